The molecule has 0 saturated heterocycles. The third-order valence-corrected chi connectivity index (χ3v) is 1.90. The van der Waals surface area contributed by atoms with Crippen molar-refractivity contribution >= 4 is 11.8 Å². The molecule has 0 unspecified atom stereocenters. The summed E-state index contributed by atoms with van der Waals surface area (Å²) in [5.74, 6) is -0.904. The van der Waals surface area contributed by atoms with Crippen molar-refractivity contribution in [3.05, 3.63) is 11.1 Å². The van der Waals surface area contributed by atoms with Crippen LogP contribution in [0.1, 0.15) is 13.3 Å². The summed E-state index contributed by atoms with van der Waals surface area (Å²) in [6.45, 7) is 1.52. The Labute approximate surface area is 75.2 Å². The summed E-state index contributed by atoms with van der Waals surface area (Å²) in [7, 11) is 0. The van der Waals surface area contributed by atoms with Crippen LogP contribution in [-0.4, -0.2) is 17.9 Å². The fourth-order valence-electron chi connectivity index (χ4n) is 1.20. The van der Waals surface area contributed by atoms with Gasteiger partial charge in [-0.2, -0.15) is 5.26 Å². The van der Waals surface area contributed by atoms with Crippen molar-refractivity contribution in [2.45, 2.75) is 19.4 Å². The van der Waals surface area contributed by atoms with Gasteiger partial charge in [0, 0.05) is 17.2 Å². The molecule has 0 spiro atoms. The number of hydrogen-bond acceptors (Lipinski definition) is 4. The first-order valence-electron chi connectivity index (χ1n) is 3.77. The van der Waals surface area contributed by atoms with Crippen LogP contribution in [0.3, 0.4) is 0 Å². The summed E-state index contributed by atoms with van der Waals surface area (Å²) in [5.41, 5.74) is 6.08. The average Bonchev–Trinajstić information content (AvgIpc) is 2.27. The molecule has 1 heterocycles. The number of nitrogens with one attached hydrogen (secondary N) is 1. The molecule has 0 aromatic heterocycles. The van der Waals surface area contributed by atoms with Crippen LogP contribution >= 0.6 is 0 Å². The van der Waals surface area contributed by atoms with Crippen molar-refractivity contribution in [2.24, 2.45) is 5.73 Å². The molecule has 0 bridgehead atoms. The van der Waals surface area contributed by atoms with E-state index in [-0.39, 0.29) is 12.0 Å². The lowest BCUT2D eigenvalue weighted by Gasteiger charge is -2.06. The minimum absolute atomic E-state index is 0.0351. The molecule has 13 heavy (non-hydrogen) atoms. The van der Waals surface area contributed by atoms with Gasteiger partial charge in [-0.25, -0.2) is 0 Å². The minimum Gasteiger partial charge on any atom is -0.323 e. The second kappa shape index (κ2) is 3.37. The predicted molar refractivity (Wildman–Crippen MR) is 44.1 cm³/mol. The van der Waals surface area contributed by atoms with E-state index in [0.29, 0.717) is 5.57 Å². The summed E-state index contributed by atoms with van der Waals surface area (Å²) < 4.78 is 0. The van der Waals surface area contributed by atoms with Gasteiger partial charge in [0.05, 0.1) is 12.5 Å². The van der Waals surface area contributed by atoms with Crippen LogP contribution in [0.15, 0.2) is 11.1 Å². The van der Waals surface area contributed by atoms with Crippen LogP contribution in [-0.2, 0) is 9.59 Å². The zero-order valence-corrected chi connectivity index (χ0v) is 7.13. The molecule has 1 aliphatic rings. The molecule has 0 saturated carbocycles. The van der Waals surface area contributed by atoms with Gasteiger partial charge in [0.2, 0.25) is 0 Å². The molecule has 1 rings (SSSR count). The van der Waals surface area contributed by atoms with E-state index in [2.05, 4.69) is 5.32 Å². The van der Waals surface area contributed by atoms with E-state index in [1.165, 1.54) is 6.92 Å². The van der Waals surface area contributed by atoms with Crippen molar-refractivity contribution in [3.63, 3.8) is 0 Å². The highest BCUT2D eigenvalue weighted by Crippen LogP contribution is 2.15. The molecule has 2 amide bonds. The number of hydrogen-bond donors (Lipinski definition) is 2. The van der Waals surface area contributed by atoms with E-state index in [1.807, 2.05) is 6.07 Å². The Hall–Kier alpha value is -1.67. The summed E-state index contributed by atoms with van der Waals surface area (Å²) in [5, 5.41) is 10.5. The number of carbonyl (C=O) groups is 2. The third kappa shape index (κ3) is 1.58. The summed E-state index contributed by atoms with van der Waals surface area (Å²) in [6.07, 6.45) is 0.0351. The molecule has 5 nitrogen and oxygen atoms in total. The standard InChI is InChI=1S/C8H9N3O2/c1-4-6(5(10)2-3-9)8(13)11-7(4)12/h5H,2,10H2,1H3,(H,11,12,13)/t5-/m0/s1. The number of imide groups is 1. The predicted octanol–water partition coefficient (Wildman–Crippen LogP) is -0.800. The van der Waals surface area contributed by atoms with Crippen LogP contribution in [0.2, 0.25) is 0 Å². The molecule has 3 N–H and O–H groups in total. The Morgan fingerprint density at radius 2 is 2.15 bits per heavy atom. The molecular formula is C8H9N3O2. The van der Waals surface area contributed by atoms with Gasteiger partial charge >= 0.3 is 0 Å². The van der Waals surface area contributed by atoms with E-state index in [0.717, 1.165) is 0 Å². The van der Waals surface area contributed by atoms with E-state index in [9.17, 15) is 9.59 Å². The van der Waals surface area contributed by atoms with Gasteiger partial charge in [0.15, 0.2) is 0 Å². The summed E-state index contributed by atoms with van der Waals surface area (Å²) >= 11 is 0. The number of nitrogens with zero attached hydrogens (tertiary/aromatic N) is 1. The number of nitriles is 1. The quantitative estimate of drug-likeness (QED) is 0.542. The Morgan fingerprint density at radius 3 is 2.54 bits per heavy atom. The van der Waals surface area contributed by atoms with Gasteiger partial charge in [-0.05, 0) is 6.92 Å². The van der Waals surface area contributed by atoms with Gasteiger partial charge < -0.3 is 5.73 Å². The number of rotatable bonds is 2. The number of carbonyl (C=O) groups excluding carboxylic acids is 2. The van der Waals surface area contributed by atoms with Gasteiger partial charge in [0.1, 0.15) is 0 Å². The van der Waals surface area contributed by atoms with Crippen LogP contribution in [0.5, 0.6) is 0 Å². The highest BCUT2D eigenvalue weighted by Gasteiger charge is 2.30. The first kappa shape index (κ1) is 9.42. The Bertz CT molecular complexity index is 338. The van der Waals surface area contributed by atoms with Crippen LogP contribution < -0.4 is 11.1 Å². The van der Waals surface area contributed by atoms with E-state index in [1.54, 1.807) is 0 Å². The van der Waals surface area contributed by atoms with Gasteiger partial charge in [-0.1, -0.05) is 0 Å². The zero-order chi connectivity index (χ0) is 10.0. The minimum atomic E-state index is -0.670. The Balaban J connectivity index is 2.96. The lowest BCUT2D eigenvalue weighted by atomic mass is 10.0. The van der Waals surface area contributed by atoms with Crippen molar-refractivity contribution in [2.75, 3.05) is 0 Å². The van der Waals surface area contributed by atoms with Crippen molar-refractivity contribution in [1.29, 1.82) is 5.26 Å². The number of nitrogens with two attached hydrogens (primary N) is 1. The molecule has 1 atom stereocenters. The first-order valence-corrected chi connectivity index (χ1v) is 3.77. The van der Waals surface area contributed by atoms with Crippen molar-refractivity contribution < 1.29 is 9.59 Å². The second-order valence-electron chi connectivity index (χ2n) is 2.79. The molecular weight excluding hydrogens is 170 g/mol. The fraction of sp³-hybridized carbons (Fsp3) is 0.375. The smallest absolute Gasteiger partial charge is 0.256 e. The Kier molecular flexibility index (Phi) is 2.44. The molecule has 68 valence electrons. The number of amides is 2. The van der Waals surface area contributed by atoms with E-state index >= 15 is 0 Å². The maximum absolute atomic E-state index is 11.1. The van der Waals surface area contributed by atoms with Crippen molar-refractivity contribution in [1.82, 2.24) is 5.32 Å². The monoisotopic (exact) mass is 179 g/mol. The molecule has 5 heteroatoms. The molecule has 0 fully saturated rings. The average molecular weight is 179 g/mol. The van der Waals surface area contributed by atoms with E-state index in [4.69, 9.17) is 11.0 Å². The second-order valence-corrected chi connectivity index (χ2v) is 2.79. The van der Waals surface area contributed by atoms with Gasteiger partial charge in [0.25, 0.3) is 11.8 Å². The third-order valence-electron chi connectivity index (χ3n) is 1.90. The molecule has 1 aliphatic heterocycles. The first-order chi connectivity index (χ1) is 6.07. The van der Waals surface area contributed by atoms with Crippen LogP contribution in [0, 0.1) is 11.3 Å². The molecule has 0 aliphatic carbocycles. The van der Waals surface area contributed by atoms with Crippen LogP contribution in [0.4, 0.5) is 0 Å². The Morgan fingerprint density at radius 1 is 1.54 bits per heavy atom. The van der Waals surface area contributed by atoms with Crippen molar-refractivity contribution in [3.8, 4) is 6.07 Å². The highest BCUT2D eigenvalue weighted by atomic mass is 16.2. The normalized spacial score (nSPS) is 18.5. The highest BCUT2D eigenvalue weighted by molar-refractivity contribution is 6.19. The molecule has 0 aromatic rings. The SMILES string of the molecule is CC1=C([C@@H](N)CC#N)C(=O)NC1=O. The topological polar surface area (TPSA) is 96.0 Å². The summed E-state index contributed by atoms with van der Waals surface area (Å²) in [4.78, 5) is 22.1. The lowest BCUT2D eigenvalue weighted by molar-refractivity contribution is -0.124. The molecule has 0 aromatic carbocycles. The van der Waals surface area contributed by atoms with Gasteiger partial charge in [-0.15, -0.1) is 0 Å². The maximum Gasteiger partial charge on any atom is 0.256 e. The van der Waals surface area contributed by atoms with Gasteiger partial charge in [-0.3, -0.25) is 14.9 Å². The molecule has 0 radical (unpaired) electrons. The van der Waals surface area contributed by atoms with Crippen LogP contribution in [0.25, 0.3) is 0 Å². The lowest BCUT2D eigenvalue weighted by Crippen LogP contribution is -2.30. The largest absolute Gasteiger partial charge is 0.323 e. The maximum atomic E-state index is 11.1. The zero-order valence-electron chi connectivity index (χ0n) is 7.13. The fourth-order valence-corrected chi connectivity index (χ4v) is 1.20. The summed E-state index contributed by atoms with van der Waals surface area (Å²) in [6, 6.07) is 1.18. The van der Waals surface area contributed by atoms with E-state index < -0.39 is 17.9 Å².